The molecule has 1 aromatic heterocycles. The zero-order chi connectivity index (χ0) is 28.1. The summed E-state index contributed by atoms with van der Waals surface area (Å²) in [6.07, 6.45) is 15.3. The number of pyridine rings is 1. The van der Waals surface area contributed by atoms with Crippen LogP contribution in [0.5, 0.6) is 0 Å². The first-order chi connectivity index (χ1) is 19.3. The van der Waals surface area contributed by atoms with Crippen LogP contribution in [0.4, 0.5) is 0 Å². The normalized spacial score (nSPS) is 21.7. The van der Waals surface area contributed by atoms with Gasteiger partial charge in [0.2, 0.25) is 0 Å². The van der Waals surface area contributed by atoms with Gasteiger partial charge in [0.15, 0.2) is 0 Å². The molecule has 1 saturated carbocycles. The molecule has 1 N–H and O–H groups in total. The maximum atomic E-state index is 13.8. The van der Waals surface area contributed by atoms with Crippen LogP contribution in [0.2, 0.25) is 0 Å². The Kier molecular flexibility index (Phi) is 8.81. The van der Waals surface area contributed by atoms with Gasteiger partial charge in [-0.25, -0.2) is 0 Å². The van der Waals surface area contributed by atoms with E-state index in [1.807, 2.05) is 18.3 Å². The summed E-state index contributed by atoms with van der Waals surface area (Å²) in [6.45, 7) is 5.79. The van der Waals surface area contributed by atoms with Gasteiger partial charge in [-0.3, -0.25) is 9.78 Å². The molecule has 1 heterocycles. The third kappa shape index (κ3) is 7.06. The Bertz CT molecular complexity index is 1320. The largest absolute Gasteiger partial charge is 0.386 e. The molecule has 208 valence electrons. The van der Waals surface area contributed by atoms with Crippen LogP contribution in [0.3, 0.4) is 0 Å². The fraction of sp³-hybridized carbons (Fsp3) is 0.405. The summed E-state index contributed by atoms with van der Waals surface area (Å²) in [5.41, 5.74) is 5.97. The number of Topliss-reactive ketones (excluding diaryl/α,β-unsaturated/α-hetero) is 1. The quantitative estimate of drug-likeness (QED) is 0.286. The SMILES string of the molecule is CC1C=CC(c2ccc(C(C(=O)CCc3ccccc3)C3CCC(Cc4ccc(C(C)(C)O)cn4)CC3)cc2)=C1. The molecule has 0 radical (unpaired) electrons. The lowest BCUT2D eigenvalue weighted by Gasteiger charge is -2.34. The van der Waals surface area contributed by atoms with Gasteiger partial charge in [0.05, 0.1) is 5.60 Å². The average Bonchev–Trinajstić information content (AvgIpc) is 3.40. The molecule has 0 amide bonds. The van der Waals surface area contributed by atoms with E-state index in [1.165, 1.54) is 22.3 Å². The summed E-state index contributed by atoms with van der Waals surface area (Å²) in [4.78, 5) is 18.5. The third-order valence-corrected chi connectivity index (χ3v) is 8.87. The smallest absolute Gasteiger partial charge is 0.140 e. The van der Waals surface area contributed by atoms with Crippen LogP contribution < -0.4 is 0 Å². The topological polar surface area (TPSA) is 50.2 Å². The summed E-state index contributed by atoms with van der Waals surface area (Å²) in [6, 6.07) is 23.3. The predicted octanol–water partition coefficient (Wildman–Crippen LogP) is 8.23. The maximum Gasteiger partial charge on any atom is 0.140 e. The van der Waals surface area contributed by atoms with Crippen molar-refractivity contribution < 1.29 is 9.90 Å². The first kappa shape index (κ1) is 28.2. The zero-order valence-corrected chi connectivity index (χ0v) is 24.2. The van der Waals surface area contributed by atoms with Crippen molar-refractivity contribution in [3.63, 3.8) is 0 Å². The Morgan fingerprint density at radius 1 is 0.975 bits per heavy atom. The second kappa shape index (κ2) is 12.5. The predicted molar refractivity (Wildman–Crippen MR) is 164 cm³/mol. The molecule has 3 aromatic rings. The summed E-state index contributed by atoms with van der Waals surface area (Å²) in [7, 11) is 0. The number of nitrogens with zero attached hydrogens (tertiary/aromatic N) is 1. The van der Waals surface area contributed by atoms with E-state index in [9.17, 15) is 9.90 Å². The van der Waals surface area contributed by atoms with E-state index >= 15 is 0 Å². The van der Waals surface area contributed by atoms with Crippen molar-refractivity contribution in [2.75, 3.05) is 0 Å². The molecule has 0 saturated heterocycles. The first-order valence-corrected chi connectivity index (χ1v) is 15.0. The van der Waals surface area contributed by atoms with Crippen LogP contribution in [0.15, 0.2) is 91.2 Å². The third-order valence-electron chi connectivity index (χ3n) is 8.87. The zero-order valence-electron chi connectivity index (χ0n) is 24.2. The van der Waals surface area contributed by atoms with E-state index in [-0.39, 0.29) is 5.92 Å². The van der Waals surface area contributed by atoms with Crippen molar-refractivity contribution >= 4 is 11.4 Å². The van der Waals surface area contributed by atoms with Crippen molar-refractivity contribution in [3.8, 4) is 0 Å². The van der Waals surface area contributed by atoms with Crippen LogP contribution in [0.25, 0.3) is 5.57 Å². The molecule has 3 nitrogen and oxygen atoms in total. The van der Waals surface area contributed by atoms with Gasteiger partial charge in [0, 0.05) is 29.8 Å². The Morgan fingerprint density at radius 2 is 1.70 bits per heavy atom. The van der Waals surface area contributed by atoms with E-state index in [2.05, 4.69) is 84.7 Å². The van der Waals surface area contributed by atoms with E-state index < -0.39 is 5.60 Å². The van der Waals surface area contributed by atoms with Gasteiger partial charge in [0.25, 0.3) is 0 Å². The number of hydrogen-bond acceptors (Lipinski definition) is 3. The van der Waals surface area contributed by atoms with Gasteiger partial charge >= 0.3 is 0 Å². The highest BCUT2D eigenvalue weighted by atomic mass is 16.3. The van der Waals surface area contributed by atoms with E-state index in [0.29, 0.717) is 30.0 Å². The Morgan fingerprint density at radius 3 is 2.30 bits per heavy atom. The van der Waals surface area contributed by atoms with Crippen LogP contribution in [-0.4, -0.2) is 15.9 Å². The molecule has 3 heteroatoms. The fourth-order valence-corrected chi connectivity index (χ4v) is 6.44. The number of carbonyl (C=O) groups excluding carboxylic acids is 1. The Balaban J connectivity index is 1.27. The lowest BCUT2D eigenvalue weighted by Crippen LogP contribution is -2.27. The highest BCUT2D eigenvalue weighted by Gasteiger charge is 2.33. The summed E-state index contributed by atoms with van der Waals surface area (Å²) in [5, 5.41) is 10.2. The number of aromatic nitrogens is 1. The molecule has 2 aromatic carbocycles. The second-order valence-electron chi connectivity index (χ2n) is 12.5. The summed E-state index contributed by atoms with van der Waals surface area (Å²) < 4.78 is 0. The first-order valence-electron chi connectivity index (χ1n) is 15.0. The molecule has 0 bridgehead atoms. The van der Waals surface area contributed by atoms with Crippen LogP contribution >= 0.6 is 0 Å². The standard InChI is InChI=1S/C37H43NO2/c1-26-9-13-32(23-26)29-16-18-31(19-17-29)36(35(39)22-12-27-7-5-4-6-8-27)30-14-10-28(11-15-30)24-34-21-20-33(25-38-34)37(2,3)40/h4-9,13,16-21,23,25-26,28,30,36,40H,10-12,14-15,22,24H2,1-3H3. The highest BCUT2D eigenvalue weighted by molar-refractivity contribution is 5.86. The minimum Gasteiger partial charge on any atom is -0.386 e. The second-order valence-corrected chi connectivity index (χ2v) is 12.5. The molecular weight excluding hydrogens is 490 g/mol. The number of hydrogen-bond donors (Lipinski definition) is 1. The minimum atomic E-state index is -0.868. The van der Waals surface area contributed by atoms with Gasteiger partial charge < -0.3 is 5.11 Å². The van der Waals surface area contributed by atoms with Gasteiger partial charge in [-0.05, 0) is 98.5 Å². The lowest BCUT2D eigenvalue weighted by molar-refractivity contribution is -0.122. The highest BCUT2D eigenvalue weighted by Crippen LogP contribution is 2.41. The molecule has 2 aliphatic carbocycles. The van der Waals surface area contributed by atoms with Gasteiger partial charge in [-0.2, -0.15) is 0 Å². The van der Waals surface area contributed by atoms with Crippen molar-refractivity contribution in [1.29, 1.82) is 0 Å². The number of aryl methyl sites for hydroxylation is 1. The number of aliphatic hydroxyl groups is 1. The van der Waals surface area contributed by atoms with Gasteiger partial charge in [-0.1, -0.05) is 85.8 Å². The van der Waals surface area contributed by atoms with Crippen molar-refractivity contribution in [2.24, 2.45) is 17.8 Å². The van der Waals surface area contributed by atoms with E-state index in [4.69, 9.17) is 0 Å². The lowest BCUT2D eigenvalue weighted by atomic mass is 9.70. The maximum absolute atomic E-state index is 13.8. The molecule has 2 unspecified atom stereocenters. The molecule has 40 heavy (non-hydrogen) atoms. The van der Waals surface area contributed by atoms with Crippen molar-refractivity contribution in [1.82, 2.24) is 4.98 Å². The van der Waals surface area contributed by atoms with Crippen molar-refractivity contribution in [3.05, 3.63) is 119 Å². The number of rotatable bonds is 10. The van der Waals surface area contributed by atoms with Crippen LogP contribution in [0.1, 0.15) is 86.7 Å². The van der Waals surface area contributed by atoms with Gasteiger partial charge in [-0.15, -0.1) is 0 Å². The summed E-state index contributed by atoms with van der Waals surface area (Å²) in [5.74, 6) is 1.77. The molecule has 2 aliphatic rings. The van der Waals surface area contributed by atoms with Gasteiger partial charge in [0.1, 0.15) is 5.78 Å². The fourth-order valence-electron chi connectivity index (χ4n) is 6.44. The van der Waals surface area contributed by atoms with E-state index in [1.54, 1.807) is 13.8 Å². The molecule has 0 aliphatic heterocycles. The number of carbonyl (C=O) groups is 1. The number of ketones is 1. The number of allylic oxidation sites excluding steroid dienone is 4. The summed E-state index contributed by atoms with van der Waals surface area (Å²) >= 11 is 0. The van der Waals surface area contributed by atoms with Crippen LogP contribution in [0, 0.1) is 17.8 Å². The monoisotopic (exact) mass is 533 g/mol. The Hall–Kier alpha value is -3.30. The van der Waals surface area contributed by atoms with Crippen LogP contribution in [-0.2, 0) is 23.2 Å². The minimum absolute atomic E-state index is 0.0464. The van der Waals surface area contributed by atoms with E-state index in [0.717, 1.165) is 49.8 Å². The molecule has 1 fully saturated rings. The Labute approximate surface area is 240 Å². The molecule has 2 atom stereocenters. The molecule has 5 rings (SSSR count). The van der Waals surface area contributed by atoms with Crippen molar-refractivity contribution in [2.45, 2.75) is 77.2 Å². The molecular formula is C37H43NO2. The number of benzene rings is 2. The average molecular weight is 534 g/mol. The molecule has 0 spiro atoms.